The van der Waals surface area contributed by atoms with Crippen molar-refractivity contribution in [3.8, 4) is 0 Å². The molecule has 25 heavy (non-hydrogen) atoms. The molecule has 2 aromatic rings. The second-order valence-corrected chi connectivity index (χ2v) is 6.79. The summed E-state index contributed by atoms with van der Waals surface area (Å²) < 4.78 is 0. The summed E-state index contributed by atoms with van der Waals surface area (Å²) in [6, 6.07) is 3.78. The molecule has 0 saturated carbocycles. The number of piperidine rings is 1. The summed E-state index contributed by atoms with van der Waals surface area (Å²) in [6.45, 7) is 3.60. The molecule has 0 atom stereocenters. The van der Waals surface area contributed by atoms with E-state index in [4.69, 9.17) is 0 Å². The smallest absolute Gasteiger partial charge is 0.254 e. The highest BCUT2D eigenvalue weighted by Crippen LogP contribution is 2.27. The molecule has 4 heterocycles. The Morgan fingerprint density at radius 3 is 2.52 bits per heavy atom. The highest BCUT2D eigenvalue weighted by molar-refractivity contribution is 5.95. The van der Waals surface area contributed by atoms with E-state index in [0.717, 1.165) is 56.1 Å². The standard InChI is InChI=1S/C19H23N5O/c25-19(16-3-6-22-18(13-16)23-9-1-2-10-23)24-11-4-15(5-12-24)17-14-20-7-8-21-17/h3,6-8,13-15H,1-2,4-5,9-12H2. The molecule has 0 spiro atoms. The van der Waals surface area contributed by atoms with Crippen molar-refractivity contribution in [3.05, 3.63) is 48.2 Å². The second kappa shape index (κ2) is 7.17. The van der Waals surface area contributed by atoms with Gasteiger partial charge in [-0.25, -0.2) is 4.98 Å². The van der Waals surface area contributed by atoms with E-state index in [-0.39, 0.29) is 5.91 Å². The first kappa shape index (κ1) is 16.0. The van der Waals surface area contributed by atoms with Crippen LogP contribution in [0.2, 0.25) is 0 Å². The van der Waals surface area contributed by atoms with Crippen molar-refractivity contribution in [1.82, 2.24) is 19.9 Å². The van der Waals surface area contributed by atoms with E-state index in [2.05, 4.69) is 19.9 Å². The van der Waals surface area contributed by atoms with Gasteiger partial charge in [-0.2, -0.15) is 0 Å². The fourth-order valence-corrected chi connectivity index (χ4v) is 3.75. The van der Waals surface area contributed by atoms with E-state index >= 15 is 0 Å². The van der Waals surface area contributed by atoms with Gasteiger partial charge in [0.25, 0.3) is 5.91 Å². The van der Waals surface area contributed by atoms with E-state index < -0.39 is 0 Å². The van der Waals surface area contributed by atoms with Gasteiger partial charge in [-0.15, -0.1) is 0 Å². The van der Waals surface area contributed by atoms with Crippen LogP contribution in [0.15, 0.2) is 36.9 Å². The summed E-state index contributed by atoms with van der Waals surface area (Å²) >= 11 is 0. The molecule has 0 N–H and O–H groups in total. The molecule has 1 amide bonds. The van der Waals surface area contributed by atoms with Gasteiger partial charge in [-0.1, -0.05) is 0 Å². The lowest BCUT2D eigenvalue weighted by molar-refractivity contribution is 0.0712. The van der Waals surface area contributed by atoms with Gasteiger partial charge in [0.05, 0.1) is 5.69 Å². The lowest BCUT2D eigenvalue weighted by Crippen LogP contribution is -2.38. The van der Waals surface area contributed by atoms with Crippen LogP contribution in [0, 0.1) is 0 Å². The number of hydrogen-bond acceptors (Lipinski definition) is 5. The SMILES string of the molecule is O=C(c1ccnc(N2CCCC2)c1)N1CCC(c2cnccn2)CC1. The van der Waals surface area contributed by atoms with Crippen LogP contribution in [0.1, 0.15) is 47.7 Å². The van der Waals surface area contributed by atoms with E-state index in [9.17, 15) is 4.79 Å². The Hall–Kier alpha value is -2.50. The van der Waals surface area contributed by atoms with Crippen LogP contribution < -0.4 is 4.90 Å². The molecular formula is C19H23N5O. The van der Waals surface area contributed by atoms with Crippen LogP contribution in [-0.4, -0.2) is 51.9 Å². The fraction of sp³-hybridized carbons (Fsp3) is 0.474. The quantitative estimate of drug-likeness (QED) is 0.861. The molecule has 0 unspecified atom stereocenters. The molecule has 2 aliphatic rings. The number of carbonyl (C=O) groups excluding carboxylic acids is 1. The topological polar surface area (TPSA) is 62.2 Å². The summed E-state index contributed by atoms with van der Waals surface area (Å²) in [7, 11) is 0. The first-order valence-electron chi connectivity index (χ1n) is 9.07. The van der Waals surface area contributed by atoms with Crippen molar-refractivity contribution >= 4 is 11.7 Å². The number of hydrogen-bond donors (Lipinski definition) is 0. The summed E-state index contributed by atoms with van der Waals surface area (Å²) in [4.78, 5) is 30.1. The minimum atomic E-state index is 0.112. The Bertz CT molecular complexity index is 722. The van der Waals surface area contributed by atoms with E-state index in [1.807, 2.05) is 23.2 Å². The van der Waals surface area contributed by atoms with Gasteiger partial charge in [0.15, 0.2) is 0 Å². The minimum absolute atomic E-state index is 0.112. The average molecular weight is 337 g/mol. The minimum Gasteiger partial charge on any atom is -0.357 e. The van der Waals surface area contributed by atoms with Crippen molar-refractivity contribution in [3.63, 3.8) is 0 Å². The molecule has 2 aliphatic heterocycles. The Morgan fingerprint density at radius 1 is 1.00 bits per heavy atom. The predicted octanol–water partition coefficient (Wildman–Crippen LogP) is 2.49. The molecule has 0 aromatic carbocycles. The highest BCUT2D eigenvalue weighted by atomic mass is 16.2. The van der Waals surface area contributed by atoms with Crippen LogP contribution in [0.3, 0.4) is 0 Å². The summed E-state index contributed by atoms with van der Waals surface area (Å²) in [5.74, 6) is 1.44. The van der Waals surface area contributed by atoms with Gasteiger partial charge in [0, 0.05) is 62.4 Å². The van der Waals surface area contributed by atoms with Crippen molar-refractivity contribution < 1.29 is 4.79 Å². The monoisotopic (exact) mass is 337 g/mol. The number of rotatable bonds is 3. The number of carbonyl (C=O) groups is 1. The van der Waals surface area contributed by atoms with Crippen LogP contribution in [0.25, 0.3) is 0 Å². The Balaban J connectivity index is 1.41. The molecule has 0 radical (unpaired) electrons. The maximum atomic E-state index is 12.9. The third kappa shape index (κ3) is 3.48. The number of likely N-dealkylation sites (tertiary alicyclic amines) is 1. The fourth-order valence-electron chi connectivity index (χ4n) is 3.75. The van der Waals surface area contributed by atoms with Gasteiger partial charge < -0.3 is 9.80 Å². The molecule has 2 saturated heterocycles. The van der Waals surface area contributed by atoms with E-state index in [1.165, 1.54) is 12.8 Å². The molecule has 4 rings (SSSR count). The Morgan fingerprint density at radius 2 is 1.80 bits per heavy atom. The number of nitrogens with zero attached hydrogens (tertiary/aromatic N) is 5. The molecule has 2 fully saturated rings. The summed E-state index contributed by atoms with van der Waals surface area (Å²) in [6.07, 6.45) is 11.3. The molecule has 0 bridgehead atoms. The predicted molar refractivity (Wildman–Crippen MR) is 95.6 cm³/mol. The van der Waals surface area contributed by atoms with E-state index in [1.54, 1.807) is 18.6 Å². The average Bonchev–Trinajstić information content (AvgIpc) is 3.23. The number of anilines is 1. The summed E-state index contributed by atoms with van der Waals surface area (Å²) in [5, 5.41) is 0. The van der Waals surface area contributed by atoms with Crippen LogP contribution in [-0.2, 0) is 0 Å². The van der Waals surface area contributed by atoms with Gasteiger partial charge >= 0.3 is 0 Å². The Labute approximate surface area is 147 Å². The first-order valence-corrected chi connectivity index (χ1v) is 9.07. The van der Waals surface area contributed by atoms with Gasteiger partial charge in [0.1, 0.15) is 5.82 Å². The second-order valence-electron chi connectivity index (χ2n) is 6.79. The third-order valence-electron chi connectivity index (χ3n) is 5.21. The summed E-state index contributed by atoms with van der Waals surface area (Å²) in [5.41, 5.74) is 1.78. The first-order chi connectivity index (χ1) is 12.3. The van der Waals surface area contributed by atoms with Crippen molar-refractivity contribution in [2.24, 2.45) is 0 Å². The molecular weight excluding hydrogens is 314 g/mol. The Kier molecular flexibility index (Phi) is 4.59. The molecule has 6 nitrogen and oxygen atoms in total. The molecule has 6 heteroatoms. The van der Waals surface area contributed by atoms with Gasteiger partial charge in [-0.05, 0) is 37.8 Å². The van der Waals surface area contributed by atoms with Gasteiger partial charge in [0.2, 0.25) is 0 Å². The number of pyridine rings is 1. The highest BCUT2D eigenvalue weighted by Gasteiger charge is 2.26. The van der Waals surface area contributed by atoms with Crippen molar-refractivity contribution in [2.45, 2.75) is 31.6 Å². The van der Waals surface area contributed by atoms with E-state index in [0.29, 0.717) is 5.92 Å². The largest absolute Gasteiger partial charge is 0.357 e. The lowest BCUT2D eigenvalue weighted by atomic mass is 9.93. The maximum absolute atomic E-state index is 12.9. The van der Waals surface area contributed by atoms with Crippen LogP contribution in [0.4, 0.5) is 5.82 Å². The van der Waals surface area contributed by atoms with Crippen molar-refractivity contribution in [2.75, 3.05) is 31.1 Å². The third-order valence-corrected chi connectivity index (χ3v) is 5.21. The number of amides is 1. The molecule has 2 aromatic heterocycles. The number of aromatic nitrogens is 3. The molecule has 130 valence electrons. The van der Waals surface area contributed by atoms with Crippen LogP contribution >= 0.6 is 0 Å². The van der Waals surface area contributed by atoms with Gasteiger partial charge in [-0.3, -0.25) is 14.8 Å². The van der Waals surface area contributed by atoms with Crippen molar-refractivity contribution in [1.29, 1.82) is 0 Å². The van der Waals surface area contributed by atoms with Crippen LogP contribution in [0.5, 0.6) is 0 Å². The normalized spacial score (nSPS) is 18.6. The lowest BCUT2D eigenvalue weighted by Gasteiger charge is -2.31. The molecule has 0 aliphatic carbocycles. The zero-order valence-corrected chi connectivity index (χ0v) is 14.3. The maximum Gasteiger partial charge on any atom is 0.254 e. The zero-order valence-electron chi connectivity index (χ0n) is 14.3. The zero-order chi connectivity index (χ0) is 17.1.